The molecule has 0 aliphatic heterocycles. The number of benzene rings is 1. The maximum atomic E-state index is 12.0. The topological polar surface area (TPSA) is 46.9 Å². The highest BCUT2D eigenvalue weighted by molar-refractivity contribution is 7.99. The van der Waals surface area contributed by atoms with Crippen molar-refractivity contribution in [3.8, 4) is 5.69 Å². The zero-order valence-corrected chi connectivity index (χ0v) is 14.4. The highest BCUT2D eigenvalue weighted by atomic mass is 32.2. The van der Waals surface area contributed by atoms with Gasteiger partial charge in [0.25, 0.3) is 0 Å². The van der Waals surface area contributed by atoms with E-state index in [9.17, 15) is 4.79 Å². The van der Waals surface area contributed by atoms with Crippen molar-refractivity contribution < 1.29 is 4.79 Å². The van der Waals surface area contributed by atoms with Gasteiger partial charge in [0.15, 0.2) is 5.16 Å². The summed E-state index contributed by atoms with van der Waals surface area (Å²) in [7, 11) is 0. The molecule has 2 aromatic heterocycles. The SMILES string of the molecule is Cc1ccccc1-n1ccnc1SCC(=O)NCc1cccs1. The molecule has 3 rings (SSSR count). The van der Waals surface area contributed by atoms with Crippen molar-refractivity contribution in [2.75, 3.05) is 5.75 Å². The first-order chi connectivity index (χ1) is 11.2. The Labute approximate surface area is 143 Å². The molecule has 0 radical (unpaired) electrons. The summed E-state index contributed by atoms with van der Waals surface area (Å²) in [6.45, 7) is 2.65. The van der Waals surface area contributed by atoms with Gasteiger partial charge in [0, 0.05) is 17.3 Å². The fraction of sp³-hybridized carbons (Fsp3) is 0.176. The summed E-state index contributed by atoms with van der Waals surface area (Å²) in [5.41, 5.74) is 2.26. The summed E-state index contributed by atoms with van der Waals surface area (Å²) in [4.78, 5) is 17.5. The zero-order valence-electron chi connectivity index (χ0n) is 12.7. The average Bonchev–Trinajstić information content (AvgIpc) is 3.23. The van der Waals surface area contributed by atoms with Gasteiger partial charge in [-0.15, -0.1) is 11.3 Å². The standard InChI is InChI=1S/C17H17N3OS2/c1-13-5-2-3-7-15(13)20-9-8-18-17(20)23-12-16(21)19-11-14-6-4-10-22-14/h2-10H,11-12H2,1H3,(H,19,21). The number of thiophene rings is 1. The molecular weight excluding hydrogens is 326 g/mol. The molecule has 2 heterocycles. The molecule has 1 N–H and O–H groups in total. The molecule has 0 fully saturated rings. The van der Waals surface area contributed by atoms with Crippen LogP contribution in [0.15, 0.2) is 59.3 Å². The number of para-hydroxylation sites is 1. The van der Waals surface area contributed by atoms with Gasteiger partial charge in [-0.3, -0.25) is 9.36 Å². The van der Waals surface area contributed by atoms with Gasteiger partial charge in [-0.2, -0.15) is 0 Å². The third kappa shape index (κ3) is 4.03. The number of nitrogens with one attached hydrogen (secondary N) is 1. The van der Waals surface area contributed by atoms with Crippen molar-refractivity contribution >= 4 is 29.0 Å². The number of thioether (sulfide) groups is 1. The lowest BCUT2D eigenvalue weighted by Crippen LogP contribution is -2.24. The number of carbonyl (C=O) groups is 1. The van der Waals surface area contributed by atoms with Gasteiger partial charge >= 0.3 is 0 Å². The molecular formula is C17H17N3OS2. The minimum atomic E-state index is 0.0164. The fourth-order valence-electron chi connectivity index (χ4n) is 2.19. The van der Waals surface area contributed by atoms with E-state index in [0.717, 1.165) is 15.7 Å². The highest BCUT2D eigenvalue weighted by Crippen LogP contribution is 2.22. The minimum Gasteiger partial charge on any atom is -0.350 e. The molecule has 118 valence electrons. The van der Waals surface area contributed by atoms with Crippen LogP contribution in [0.3, 0.4) is 0 Å². The smallest absolute Gasteiger partial charge is 0.230 e. The first kappa shape index (κ1) is 15.8. The molecule has 4 nitrogen and oxygen atoms in total. The van der Waals surface area contributed by atoms with Crippen molar-refractivity contribution in [1.82, 2.24) is 14.9 Å². The van der Waals surface area contributed by atoms with Crippen LogP contribution in [0, 0.1) is 6.92 Å². The molecule has 1 amide bonds. The van der Waals surface area contributed by atoms with E-state index in [0.29, 0.717) is 12.3 Å². The molecule has 6 heteroatoms. The van der Waals surface area contributed by atoms with E-state index in [2.05, 4.69) is 29.4 Å². The van der Waals surface area contributed by atoms with Gasteiger partial charge in [-0.25, -0.2) is 4.98 Å². The summed E-state index contributed by atoms with van der Waals surface area (Å²) < 4.78 is 2.02. The lowest BCUT2D eigenvalue weighted by atomic mass is 10.2. The van der Waals surface area contributed by atoms with Gasteiger partial charge in [0.1, 0.15) is 0 Å². The lowest BCUT2D eigenvalue weighted by molar-refractivity contribution is -0.118. The summed E-state index contributed by atoms with van der Waals surface area (Å²) in [5, 5.41) is 5.77. The van der Waals surface area contributed by atoms with Gasteiger partial charge in [0.2, 0.25) is 5.91 Å². The third-order valence-corrected chi connectivity index (χ3v) is 5.20. The monoisotopic (exact) mass is 343 g/mol. The van der Waals surface area contributed by atoms with Crippen molar-refractivity contribution in [3.63, 3.8) is 0 Å². The second-order valence-electron chi connectivity index (χ2n) is 5.01. The van der Waals surface area contributed by atoms with Crippen LogP contribution in [0.1, 0.15) is 10.4 Å². The van der Waals surface area contributed by atoms with E-state index in [4.69, 9.17) is 0 Å². The number of hydrogen-bond donors (Lipinski definition) is 1. The number of aryl methyl sites for hydroxylation is 1. The predicted molar refractivity (Wildman–Crippen MR) is 95.2 cm³/mol. The Kier molecular flexibility index (Phi) is 5.15. The maximum absolute atomic E-state index is 12.0. The summed E-state index contributed by atoms with van der Waals surface area (Å²) in [6, 6.07) is 12.1. The van der Waals surface area contributed by atoms with Crippen LogP contribution >= 0.6 is 23.1 Å². The van der Waals surface area contributed by atoms with Gasteiger partial charge in [0.05, 0.1) is 18.0 Å². The van der Waals surface area contributed by atoms with Crippen molar-refractivity contribution in [1.29, 1.82) is 0 Å². The Morgan fingerprint density at radius 2 is 2.17 bits per heavy atom. The number of amides is 1. The van der Waals surface area contributed by atoms with Gasteiger partial charge in [-0.1, -0.05) is 36.0 Å². The van der Waals surface area contributed by atoms with Crippen molar-refractivity contribution in [3.05, 3.63) is 64.6 Å². The number of carbonyl (C=O) groups excluding carboxylic acids is 1. The number of imidazole rings is 1. The number of aromatic nitrogens is 2. The van der Waals surface area contributed by atoms with Gasteiger partial charge < -0.3 is 5.32 Å². The summed E-state index contributed by atoms with van der Waals surface area (Å²) in [5.74, 6) is 0.372. The first-order valence-corrected chi connectivity index (χ1v) is 9.12. The second-order valence-corrected chi connectivity index (χ2v) is 6.99. The molecule has 0 unspecified atom stereocenters. The summed E-state index contributed by atoms with van der Waals surface area (Å²) >= 11 is 3.09. The molecule has 0 aliphatic carbocycles. The Hall–Kier alpha value is -2.05. The molecule has 0 saturated carbocycles. The molecule has 3 aromatic rings. The van der Waals surface area contributed by atoms with Crippen LogP contribution in [0.4, 0.5) is 0 Å². The van der Waals surface area contributed by atoms with E-state index in [1.165, 1.54) is 17.3 Å². The Morgan fingerprint density at radius 3 is 2.96 bits per heavy atom. The Balaban J connectivity index is 1.60. The molecule has 1 aromatic carbocycles. The molecule has 23 heavy (non-hydrogen) atoms. The van der Waals surface area contributed by atoms with E-state index >= 15 is 0 Å². The van der Waals surface area contributed by atoms with Crippen LogP contribution in [-0.2, 0) is 11.3 Å². The van der Waals surface area contributed by atoms with Crippen LogP contribution < -0.4 is 5.32 Å². The molecule has 0 aliphatic rings. The lowest BCUT2D eigenvalue weighted by Gasteiger charge is -2.10. The number of nitrogens with zero attached hydrogens (tertiary/aromatic N) is 2. The Bertz CT molecular complexity index is 781. The maximum Gasteiger partial charge on any atom is 0.230 e. The van der Waals surface area contributed by atoms with Crippen LogP contribution in [0.25, 0.3) is 5.69 Å². The van der Waals surface area contributed by atoms with E-state index in [-0.39, 0.29) is 5.91 Å². The van der Waals surface area contributed by atoms with E-state index in [1.807, 2.05) is 40.4 Å². The second kappa shape index (κ2) is 7.48. The fourth-order valence-corrected chi connectivity index (χ4v) is 3.63. The predicted octanol–water partition coefficient (Wildman–Crippen LogP) is 3.65. The van der Waals surface area contributed by atoms with Crippen molar-refractivity contribution in [2.24, 2.45) is 0 Å². The summed E-state index contributed by atoms with van der Waals surface area (Å²) in [6.07, 6.45) is 3.69. The normalized spacial score (nSPS) is 10.7. The van der Waals surface area contributed by atoms with E-state index in [1.54, 1.807) is 17.5 Å². The largest absolute Gasteiger partial charge is 0.350 e. The molecule has 0 spiro atoms. The zero-order chi connectivity index (χ0) is 16.1. The first-order valence-electron chi connectivity index (χ1n) is 7.25. The minimum absolute atomic E-state index is 0.0164. The van der Waals surface area contributed by atoms with Crippen LogP contribution in [0.2, 0.25) is 0 Å². The quantitative estimate of drug-likeness (QED) is 0.695. The van der Waals surface area contributed by atoms with E-state index < -0.39 is 0 Å². The van der Waals surface area contributed by atoms with Gasteiger partial charge in [-0.05, 0) is 30.0 Å². The van der Waals surface area contributed by atoms with Crippen LogP contribution in [-0.4, -0.2) is 21.2 Å². The van der Waals surface area contributed by atoms with Crippen molar-refractivity contribution in [2.45, 2.75) is 18.6 Å². The molecule has 0 atom stereocenters. The highest BCUT2D eigenvalue weighted by Gasteiger charge is 2.10. The number of hydrogen-bond acceptors (Lipinski definition) is 4. The van der Waals surface area contributed by atoms with Crippen LogP contribution in [0.5, 0.6) is 0 Å². The molecule has 0 bridgehead atoms. The third-order valence-electron chi connectivity index (χ3n) is 3.35. The molecule has 0 saturated heterocycles. The average molecular weight is 343 g/mol. The Morgan fingerprint density at radius 1 is 1.30 bits per heavy atom. The number of rotatable bonds is 6.